The van der Waals surface area contributed by atoms with E-state index in [9.17, 15) is 18.4 Å². The highest BCUT2D eigenvalue weighted by Gasteiger charge is 2.15. The Labute approximate surface area is 103 Å². The Morgan fingerprint density at radius 2 is 1.94 bits per heavy atom. The van der Waals surface area contributed by atoms with Crippen LogP contribution in [-0.4, -0.2) is 30.8 Å². The van der Waals surface area contributed by atoms with Crippen LogP contribution < -0.4 is 5.32 Å². The summed E-state index contributed by atoms with van der Waals surface area (Å²) >= 11 is 0. The Hall–Kier alpha value is -2.24. The number of carbonyl (C=O) groups excluding carboxylic acids is 2. The van der Waals surface area contributed by atoms with Crippen LogP contribution in [0.4, 0.5) is 14.5 Å². The molecule has 0 radical (unpaired) electrons. The molecule has 0 saturated carbocycles. The number of halogens is 2. The van der Waals surface area contributed by atoms with E-state index in [1.54, 1.807) is 0 Å². The van der Waals surface area contributed by atoms with E-state index in [1.165, 1.54) is 25.1 Å². The molecule has 0 heterocycles. The highest BCUT2D eigenvalue weighted by Crippen LogP contribution is 2.16. The van der Waals surface area contributed by atoms with Gasteiger partial charge in [0.25, 0.3) is 11.8 Å². The van der Waals surface area contributed by atoms with E-state index in [2.05, 4.69) is 11.9 Å². The lowest BCUT2D eigenvalue weighted by atomic mass is 10.1. The third kappa shape index (κ3) is 3.13. The van der Waals surface area contributed by atoms with Crippen molar-refractivity contribution in [1.29, 1.82) is 0 Å². The van der Waals surface area contributed by atoms with Crippen LogP contribution in [-0.2, 0) is 4.79 Å². The lowest BCUT2D eigenvalue weighted by Crippen LogP contribution is -2.23. The zero-order valence-electron chi connectivity index (χ0n) is 9.96. The summed E-state index contributed by atoms with van der Waals surface area (Å²) in [6.07, 6.45) is 0. The molecule has 0 aliphatic rings. The molecule has 18 heavy (non-hydrogen) atoms. The number of nitrogens with zero attached hydrogens (tertiary/aromatic N) is 1. The fourth-order valence-electron chi connectivity index (χ4n) is 1.21. The number of carbonyl (C=O) groups is 2. The number of nitrogens with one attached hydrogen (secondary N) is 1. The summed E-state index contributed by atoms with van der Waals surface area (Å²) in [6, 6.07) is 3.38. The van der Waals surface area contributed by atoms with E-state index >= 15 is 0 Å². The number of rotatable bonds is 3. The number of hydrogen-bond donors (Lipinski definition) is 1. The largest absolute Gasteiger partial charge is 0.345 e. The van der Waals surface area contributed by atoms with Crippen molar-refractivity contribution >= 4 is 17.5 Å². The molecule has 0 atom stereocenters. The Kier molecular flexibility index (Phi) is 4.14. The number of benzene rings is 1. The molecular weight excluding hydrogens is 242 g/mol. The van der Waals surface area contributed by atoms with Gasteiger partial charge in [-0.15, -0.1) is 0 Å². The fourth-order valence-corrected chi connectivity index (χ4v) is 1.21. The van der Waals surface area contributed by atoms with Gasteiger partial charge in [-0.3, -0.25) is 9.59 Å². The second kappa shape index (κ2) is 5.39. The lowest BCUT2D eigenvalue weighted by molar-refractivity contribution is -0.114. The van der Waals surface area contributed by atoms with Crippen molar-refractivity contribution in [2.45, 2.75) is 0 Å². The van der Waals surface area contributed by atoms with Crippen LogP contribution in [0, 0.1) is 5.82 Å². The Morgan fingerprint density at radius 1 is 1.33 bits per heavy atom. The van der Waals surface area contributed by atoms with Crippen molar-refractivity contribution in [3.63, 3.8) is 0 Å². The monoisotopic (exact) mass is 254 g/mol. The van der Waals surface area contributed by atoms with Gasteiger partial charge in [0.05, 0.1) is 5.56 Å². The average Bonchev–Trinajstić information content (AvgIpc) is 2.30. The third-order valence-corrected chi connectivity index (χ3v) is 2.11. The summed E-state index contributed by atoms with van der Waals surface area (Å²) in [5, 5.41) is 2.15. The van der Waals surface area contributed by atoms with Crippen molar-refractivity contribution in [3.05, 3.63) is 42.0 Å². The molecule has 4 nitrogen and oxygen atoms in total. The molecule has 1 rings (SSSR count). The maximum atomic E-state index is 13.4. The van der Waals surface area contributed by atoms with Gasteiger partial charge in [-0.25, -0.2) is 8.78 Å². The Morgan fingerprint density at radius 3 is 2.44 bits per heavy atom. The van der Waals surface area contributed by atoms with Gasteiger partial charge in [0, 0.05) is 19.8 Å². The summed E-state index contributed by atoms with van der Waals surface area (Å²) < 4.78 is 25.9. The zero-order valence-corrected chi connectivity index (χ0v) is 9.96. The molecule has 0 aliphatic carbocycles. The van der Waals surface area contributed by atoms with Crippen molar-refractivity contribution in [3.8, 4) is 0 Å². The predicted octanol–water partition coefficient (Wildman–Crippen LogP) is 1.95. The van der Waals surface area contributed by atoms with Gasteiger partial charge < -0.3 is 10.2 Å². The molecule has 0 aliphatic heterocycles. The summed E-state index contributed by atoms with van der Waals surface area (Å²) in [7, 11) is 2.94. The van der Waals surface area contributed by atoms with E-state index in [0.29, 0.717) is 0 Å². The molecule has 0 fully saturated rings. The van der Waals surface area contributed by atoms with Gasteiger partial charge in [0.15, 0.2) is 5.83 Å². The second-order valence-corrected chi connectivity index (χ2v) is 3.75. The third-order valence-electron chi connectivity index (χ3n) is 2.11. The Balaban J connectivity index is 3.05. The van der Waals surface area contributed by atoms with Gasteiger partial charge >= 0.3 is 0 Å². The van der Waals surface area contributed by atoms with Crippen LogP contribution >= 0.6 is 0 Å². The highest BCUT2D eigenvalue weighted by atomic mass is 19.1. The zero-order chi connectivity index (χ0) is 13.9. The minimum Gasteiger partial charge on any atom is -0.345 e. The van der Waals surface area contributed by atoms with Gasteiger partial charge in [-0.05, 0) is 18.2 Å². The van der Waals surface area contributed by atoms with Crippen molar-refractivity contribution in [1.82, 2.24) is 4.90 Å². The topological polar surface area (TPSA) is 49.4 Å². The molecule has 1 aromatic carbocycles. The first-order valence-corrected chi connectivity index (χ1v) is 5.00. The van der Waals surface area contributed by atoms with Crippen LogP contribution in [0.5, 0.6) is 0 Å². The van der Waals surface area contributed by atoms with Gasteiger partial charge in [0.1, 0.15) is 5.82 Å². The van der Waals surface area contributed by atoms with Crippen molar-refractivity contribution in [2.75, 3.05) is 19.4 Å². The molecule has 0 saturated heterocycles. The average molecular weight is 254 g/mol. The molecule has 0 spiro atoms. The maximum absolute atomic E-state index is 13.4. The van der Waals surface area contributed by atoms with Crippen LogP contribution in [0.25, 0.3) is 0 Å². The van der Waals surface area contributed by atoms with Crippen LogP contribution in [0.2, 0.25) is 0 Å². The summed E-state index contributed by atoms with van der Waals surface area (Å²) in [5.41, 5.74) is -0.0901. The first kappa shape index (κ1) is 13.8. The van der Waals surface area contributed by atoms with Gasteiger partial charge in [-0.2, -0.15) is 0 Å². The Bertz CT molecular complexity index is 513. The van der Waals surface area contributed by atoms with E-state index < -0.39 is 23.5 Å². The normalized spacial score (nSPS) is 9.78. The molecule has 2 amide bonds. The van der Waals surface area contributed by atoms with Crippen LogP contribution in [0.1, 0.15) is 10.4 Å². The molecule has 0 unspecified atom stereocenters. The minimum absolute atomic E-state index is 0.116. The maximum Gasteiger partial charge on any atom is 0.283 e. The molecule has 1 N–H and O–H groups in total. The van der Waals surface area contributed by atoms with Crippen molar-refractivity contribution < 1.29 is 18.4 Å². The smallest absolute Gasteiger partial charge is 0.283 e. The number of anilines is 1. The molecule has 96 valence electrons. The predicted molar refractivity (Wildman–Crippen MR) is 63.3 cm³/mol. The van der Waals surface area contributed by atoms with Gasteiger partial charge in [0.2, 0.25) is 0 Å². The van der Waals surface area contributed by atoms with Gasteiger partial charge in [-0.1, -0.05) is 6.58 Å². The van der Waals surface area contributed by atoms with E-state index in [4.69, 9.17) is 0 Å². The standard InChI is InChI=1S/C12H12F2N2O2/c1-7(13)11(17)15-8-4-5-10(14)9(6-8)12(18)16(2)3/h4-6H,1H2,2-3H3,(H,15,17). The minimum atomic E-state index is -1.17. The van der Waals surface area contributed by atoms with E-state index in [-0.39, 0.29) is 11.3 Å². The summed E-state index contributed by atoms with van der Waals surface area (Å²) in [6.45, 7) is 2.83. The van der Waals surface area contributed by atoms with Crippen LogP contribution in [0.15, 0.2) is 30.6 Å². The van der Waals surface area contributed by atoms with Crippen LogP contribution in [0.3, 0.4) is 0 Å². The second-order valence-electron chi connectivity index (χ2n) is 3.75. The molecule has 0 aromatic heterocycles. The summed E-state index contributed by atoms with van der Waals surface area (Å²) in [5.74, 6) is -3.47. The molecule has 0 bridgehead atoms. The van der Waals surface area contributed by atoms with E-state index in [0.717, 1.165) is 12.1 Å². The first-order valence-electron chi connectivity index (χ1n) is 5.00. The lowest BCUT2D eigenvalue weighted by Gasteiger charge is -2.12. The van der Waals surface area contributed by atoms with Crippen molar-refractivity contribution in [2.24, 2.45) is 0 Å². The summed E-state index contributed by atoms with van der Waals surface area (Å²) in [4.78, 5) is 23.8. The molecular formula is C12H12F2N2O2. The number of hydrogen-bond acceptors (Lipinski definition) is 2. The molecule has 1 aromatic rings. The SMILES string of the molecule is C=C(F)C(=O)Nc1ccc(F)c(C(=O)N(C)C)c1. The quantitative estimate of drug-likeness (QED) is 0.838. The number of amides is 2. The first-order chi connectivity index (χ1) is 8.32. The van der Waals surface area contributed by atoms with E-state index in [1.807, 2.05) is 0 Å². The highest BCUT2D eigenvalue weighted by molar-refractivity contribution is 6.02. The fraction of sp³-hybridized carbons (Fsp3) is 0.167. The molecule has 6 heteroatoms.